The molecule has 1 fully saturated rings. The number of ether oxygens (including phenoxy) is 4. The number of hydrogen-bond donors (Lipinski definition) is 2. The Morgan fingerprint density at radius 2 is 1.80 bits per heavy atom. The number of aliphatic hydroxyl groups is 2. The highest BCUT2D eigenvalue weighted by atomic mass is 35.5. The summed E-state index contributed by atoms with van der Waals surface area (Å²) < 4.78 is 51.9. The molecule has 1 heterocycles. The minimum atomic E-state index is -1.36. The third-order valence-corrected chi connectivity index (χ3v) is 6.82. The summed E-state index contributed by atoms with van der Waals surface area (Å²) in [5.74, 6) is -3.61. The zero-order chi connectivity index (χ0) is 25.6. The maximum absolute atomic E-state index is 14.6. The SMILES string of the molecule is CCCCO[C@H]1CC(CO)(CO)O[C@@](OC)(c2ccc(Cl)c(Cc3ccc(OC)c(F)c3F)c2)C1. The van der Waals surface area contributed by atoms with E-state index >= 15 is 0 Å². The van der Waals surface area contributed by atoms with Gasteiger partial charge in [0.2, 0.25) is 5.82 Å². The quantitative estimate of drug-likeness (QED) is 0.422. The Balaban J connectivity index is 1.98. The Bertz CT molecular complexity index is 1000. The lowest BCUT2D eigenvalue weighted by atomic mass is 9.85. The van der Waals surface area contributed by atoms with E-state index in [-0.39, 0.29) is 23.8 Å². The molecule has 9 heteroatoms. The number of rotatable bonds is 11. The summed E-state index contributed by atoms with van der Waals surface area (Å²) in [6, 6.07) is 7.87. The number of benzene rings is 2. The maximum atomic E-state index is 14.6. The molecule has 2 aromatic carbocycles. The molecule has 1 aliphatic rings. The standard InChI is InChI=1S/C26H33ClF2O6/c1-4-5-10-34-20-13-25(15-30,16-31)35-26(14-20,33-3)19-7-8-21(27)18(12-19)11-17-6-9-22(32-2)24(29)23(17)28/h6-9,12,20,30-31H,4-5,10-11,13-16H2,1-3H3/t20-,26+/m0/s1. The first-order valence-electron chi connectivity index (χ1n) is 11.7. The van der Waals surface area contributed by atoms with E-state index in [0.717, 1.165) is 12.8 Å². The van der Waals surface area contributed by atoms with E-state index in [1.54, 1.807) is 18.2 Å². The molecule has 2 atom stereocenters. The molecule has 1 saturated heterocycles. The third kappa shape index (κ3) is 5.96. The Morgan fingerprint density at radius 3 is 2.43 bits per heavy atom. The largest absolute Gasteiger partial charge is 0.494 e. The van der Waals surface area contributed by atoms with Gasteiger partial charge in [-0.15, -0.1) is 0 Å². The smallest absolute Gasteiger partial charge is 0.200 e. The third-order valence-electron chi connectivity index (χ3n) is 6.45. The van der Waals surface area contributed by atoms with Crippen molar-refractivity contribution in [3.8, 4) is 5.75 Å². The zero-order valence-electron chi connectivity index (χ0n) is 20.3. The topological polar surface area (TPSA) is 77.4 Å². The minimum Gasteiger partial charge on any atom is -0.494 e. The van der Waals surface area contributed by atoms with Gasteiger partial charge in [-0.1, -0.05) is 37.1 Å². The van der Waals surface area contributed by atoms with Crippen LogP contribution in [-0.4, -0.2) is 56.0 Å². The average molecular weight is 515 g/mol. The lowest BCUT2D eigenvalue weighted by Gasteiger charge is -2.49. The molecular formula is C26H33ClF2O6. The van der Waals surface area contributed by atoms with Crippen molar-refractivity contribution in [2.24, 2.45) is 0 Å². The summed E-state index contributed by atoms with van der Waals surface area (Å²) in [5.41, 5.74) is -0.0840. The molecule has 0 spiro atoms. The van der Waals surface area contributed by atoms with Gasteiger partial charge in [-0.3, -0.25) is 0 Å². The maximum Gasteiger partial charge on any atom is 0.200 e. The van der Waals surface area contributed by atoms with Crippen LogP contribution in [-0.2, 0) is 26.4 Å². The van der Waals surface area contributed by atoms with Crippen molar-refractivity contribution in [3.05, 3.63) is 63.7 Å². The lowest BCUT2D eigenvalue weighted by molar-refractivity contribution is -0.343. The predicted molar refractivity (Wildman–Crippen MR) is 128 cm³/mol. The molecule has 2 N–H and O–H groups in total. The summed E-state index contributed by atoms with van der Waals surface area (Å²) in [6.45, 7) is 1.73. The van der Waals surface area contributed by atoms with Gasteiger partial charge in [-0.2, -0.15) is 4.39 Å². The van der Waals surface area contributed by atoms with Crippen molar-refractivity contribution in [1.82, 2.24) is 0 Å². The Morgan fingerprint density at radius 1 is 1.06 bits per heavy atom. The van der Waals surface area contributed by atoms with Crippen molar-refractivity contribution < 1.29 is 37.9 Å². The number of methoxy groups -OCH3 is 2. The van der Waals surface area contributed by atoms with Crippen LogP contribution < -0.4 is 4.74 Å². The number of aliphatic hydroxyl groups excluding tert-OH is 2. The molecule has 2 aromatic rings. The van der Waals surface area contributed by atoms with E-state index in [1.165, 1.54) is 26.4 Å². The second-order valence-electron chi connectivity index (χ2n) is 8.85. The first-order chi connectivity index (χ1) is 16.8. The van der Waals surface area contributed by atoms with Crippen LogP contribution in [0.2, 0.25) is 5.02 Å². The molecule has 194 valence electrons. The monoisotopic (exact) mass is 514 g/mol. The first-order valence-corrected chi connectivity index (χ1v) is 12.0. The summed E-state index contributed by atoms with van der Waals surface area (Å²) in [6.07, 6.45) is 2.11. The van der Waals surface area contributed by atoms with Gasteiger partial charge in [0.15, 0.2) is 17.4 Å². The highest BCUT2D eigenvalue weighted by Crippen LogP contribution is 2.45. The van der Waals surface area contributed by atoms with Gasteiger partial charge in [0, 0.05) is 43.6 Å². The van der Waals surface area contributed by atoms with Crippen molar-refractivity contribution in [3.63, 3.8) is 0 Å². The summed E-state index contributed by atoms with van der Waals surface area (Å²) in [7, 11) is 2.74. The van der Waals surface area contributed by atoms with Gasteiger partial charge in [-0.05, 0) is 35.7 Å². The van der Waals surface area contributed by atoms with Gasteiger partial charge in [0.1, 0.15) is 5.60 Å². The van der Waals surface area contributed by atoms with Crippen LogP contribution in [0.5, 0.6) is 5.75 Å². The van der Waals surface area contributed by atoms with Crippen LogP contribution in [0.25, 0.3) is 0 Å². The molecule has 0 radical (unpaired) electrons. The van der Waals surface area contributed by atoms with Crippen molar-refractivity contribution in [1.29, 1.82) is 0 Å². The van der Waals surface area contributed by atoms with Crippen LogP contribution in [0, 0.1) is 11.6 Å². The molecule has 0 unspecified atom stereocenters. The molecule has 6 nitrogen and oxygen atoms in total. The van der Waals surface area contributed by atoms with E-state index in [2.05, 4.69) is 6.92 Å². The molecule has 0 aromatic heterocycles. The fourth-order valence-electron chi connectivity index (χ4n) is 4.41. The molecule has 0 amide bonds. The first kappa shape index (κ1) is 27.8. The highest BCUT2D eigenvalue weighted by molar-refractivity contribution is 6.31. The van der Waals surface area contributed by atoms with Gasteiger partial charge in [-0.25, -0.2) is 4.39 Å². The van der Waals surface area contributed by atoms with Crippen LogP contribution in [0.3, 0.4) is 0 Å². The number of hydrogen-bond acceptors (Lipinski definition) is 6. The Kier molecular flexibility index (Phi) is 9.48. The van der Waals surface area contributed by atoms with Crippen LogP contribution in [0.4, 0.5) is 8.78 Å². The van der Waals surface area contributed by atoms with Gasteiger partial charge in [0.25, 0.3) is 0 Å². The van der Waals surface area contributed by atoms with Crippen LogP contribution in [0.15, 0.2) is 30.3 Å². The normalized spacial score (nSPS) is 21.8. The Labute approximate surface area is 209 Å². The van der Waals surface area contributed by atoms with E-state index < -0.39 is 36.2 Å². The molecule has 35 heavy (non-hydrogen) atoms. The van der Waals surface area contributed by atoms with Crippen molar-refractivity contribution >= 4 is 11.6 Å². The molecule has 0 aliphatic carbocycles. The molecule has 0 saturated carbocycles. The van der Waals surface area contributed by atoms with Crippen LogP contribution in [0.1, 0.15) is 49.3 Å². The minimum absolute atomic E-state index is 0.0147. The van der Waals surface area contributed by atoms with Gasteiger partial charge in [0.05, 0.1) is 26.4 Å². The van der Waals surface area contributed by atoms with E-state index in [9.17, 15) is 19.0 Å². The van der Waals surface area contributed by atoms with E-state index in [4.69, 9.17) is 30.5 Å². The fraction of sp³-hybridized carbons (Fsp3) is 0.538. The fourth-order valence-corrected chi connectivity index (χ4v) is 4.60. The molecule has 3 rings (SSSR count). The van der Waals surface area contributed by atoms with E-state index in [1.807, 2.05) is 0 Å². The van der Waals surface area contributed by atoms with E-state index in [0.29, 0.717) is 35.6 Å². The highest BCUT2D eigenvalue weighted by Gasteiger charge is 2.51. The second-order valence-corrected chi connectivity index (χ2v) is 9.26. The average Bonchev–Trinajstić information content (AvgIpc) is 2.88. The van der Waals surface area contributed by atoms with Crippen LogP contribution >= 0.6 is 11.6 Å². The summed E-state index contributed by atoms with van der Waals surface area (Å²) >= 11 is 6.42. The second kappa shape index (κ2) is 12.0. The lowest BCUT2D eigenvalue weighted by Crippen LogP contribution is -2.57. The molecule has 1 aliphatic heterocycles. The van der Waals surface area contributed by atoms with Crippen molar-refractivity contribution in [2.45, 2.75) is 56.5 Å². The zero-order valence-corrected chi connectivity index (χ0v) is 21.0. The summed E-state index contributed by atoms with van der Waals surface area (Å²) in [5, 5.41) is 20.5. The van der Waals surface area contributed by atoms with Crippen molar-refractivity contribution in [2.75, 3.05) is 34.0 Å². The summed E-state index contributed by atoms with van der Waals surface area (Å²) in [4.78, 5) is 0. The molecular weight excluding hydrogens is 482 g/mol. The number of unbranched alkanes of at least 4 members (excludes halogenated alkanes) is 1. The predicted octanol–water partition coefficient (Wildman–Crippen LogP) is 4.74. The number of halogens is 3. The Hall–Kier alpha value is -1.81. The van der Waals surface area contributed by atoms with Gasteiger partial charge >= 0.3 is 0 Å². The van der Waals surface area contributed by atoms with Gasteiger partial charge < -0.3 is 29.2 Å². The molecule has 0 bridgehead atoms.